The van der Waals surface area contributed by atoms with Gasteiger partial charge in [0.2, 0.25) is 0 Å². The number of nitrogens with zero attached hydrogens (tertiary/aromatic N) is 2. The minimum Gasteiger partial charge on any atom is -0.495 e. The molecule has 4 rings (SSSR count). The van der Waals surface area contributed by atoms with Crippen LogP contribution in [0.1, 0.15) is 30.8 Å². The van der Waals surface area contributed by atoms with Crippen molar-refractivity contribution in [1.82, 2.24) is 4.57 Å². The number of esters is 1. The number of hydrogen-bond acceptors (Lipinski definition) is 5. The van der Waals surface area contributed by atoms with Crippen LogP contribution in [-0.2, 0) is 14.3 Å². The number of aromatic nitrogens is 1. The zero-order chi connectivity index (χ0) is 26.9. The van der Waals surface area contributed by atoms with E-state index in [1.165, 1.54) is 12.0 Å². The Bertz CT molecular complexity index is 1430. The molecular formula is C29H29ClN2O5. The van der Waals surface area contributed by atoms with Crippen molar-refractivity contribution in [3.63, 3.8) is 0 Å². The number of anilines is 1. The van der Waals surface area contributed by atoms with Gasteiger partial charge in [-0.2, -0.15) is 0 Å². The van der Waals surface area contributed by atoms with Gasteiger partial charge in [-0.25, -0.2) is 4.79 Å². The topological polar surface area (TPSA) is 70.0 Å². The average Bonchev–Trinajstić information content (AvgIpc) is 3.30. The summed E-state index contributed by atoms with van der Waals surface area (Å²) in [6.07, 6.45) is 1.75. The summed E-state index contributed by atoms with van der Waals surface area (Å²) in [5.74, 6) is 0.416. The molecule has 192 valence electrons. The van der Waals surface area contributed by atoms with E-state index in [1.807, 2.05) is 49.6 Å². The molecule has 1 aromatic heterocycles. The molecular weight excluding hydrogens is 492 g/mol. The predicted molar refractivity (Wildman–Crippen MR) is 145 cm³/mol. The molecule has 0 saturated carbocycles. The third kappa shape index (κ3) is 4.74. The van der Waals surface area contributed by atoms with E-state index in [0.717, 1.165) is 22.6 Å². The molecule has 0 unspecified atom stereocenters. The molecule has 37 heavy (non-hydrogen) atoms. The number of halogens is 1. The van der Waals surface area contributed by atoms with Crippen LogP contribution in [0.25, 0.3) is 11.8 Å². The average molecular weight is 521 g/mol. The maximum Gasteiger partial charge on any atom is 0.340 e. The standard InChI is InChI=1S/C29H29ClN2O5/c1-7-37-23-11-8-21(9-12-23)32-19(4)27(29(34)36-6)24(28(32)33)15-20-14-17(2)31(18(20)3)22-10-13-26(35-5)25(30)16-22/h8-16H,7H2,1-6H3/b24-15-. The van der Waals surface area contributed by atoms with Gasteiger partial charge in [0, 0.05) is 28.5 Å². The smallest absolute Gasteiger partial charge is 0.340 e. The number of rotatable bonds is 7. The summed E-state index contributed by atoms with van der Waals surface area (Å²) in [6, 6.07) is 14.7. The van der Waals surface area contributed by atoms with Gasteiger partial charge in [-0.05, 0) is 87.9 Å². The first-order valence-electron chi connectivity index (χ1n) is 11.8. The van der Waals surface area contributed by atoms with Gasteiger partial charge in [-0.1, -0.05) is 11.6 Å². The number of ether oxygens (including phenoxy) is 3. The van der Waals surface area contributed by atoms with Crippen molar-refractivity contribution in [2.24, 2.45) is 0 Å². The number of hydrogen-bond donors (Lipinski definition) is 0. The van der Waals surface area contributed by atoms with E-state index in [-0.39, 0.29) is 17.1 Å². The highest BCUT2D eigenvalue weighted by Crippen LogP contribution is 2.37. The van der Waals surface area contributed by atoms with Crippen LogP contribution >= 0.6 is 11.6 Å². The Balaban J connectivity index is 1.79. The number of carbonyl (C=O) groups is 2. The van der Waals surface area contributed by atoms with E-state index in [2.05, 4.69) is 0 Å². The van der Waals surface area contributed by atoms with Crippen LogP contribution in [0.4, 0.5) is 5.69 Å². The molecule has 0 bridgehead atoms. The van der Waals surface area contributed by atoms with E-state index in [0.29, 0.717) is 34.5 Å². The van der Waals surface area contributed by atoms with Crippen molar-refractivity contribution in [1.29, 1.82) is 0 Å². The van der Waals surface area contributed by atoms with Gasteiger partial charge in [0.15, 0.2) is 0 Å². The zero-order valence-electron chi connectivity index (χ0n) is 21.7. The molecule has 1 aliphatic rings. The van der Waals surface area contributed by atoms with Crippen LogP contribution < -0.4 is 14.4 Å². The first-order valence-corrected chi connectivity index (χ1v) is 12.2. The van der Waals surface area contributed by atoms with Gasteiger partial charge in [0.25, 0.3) is 5.91 Å². The molecule has 0 saturated heterocycles. The van der Waals surface area contributed by atoms with Crippen LogP contribution in [-0.4, -0.2) is 37.3 Å². The summed E-state index contributed by atoms with van der Waals surface area (Å²) in [4.78, 5) is 28.0. The Morgan fingerprint density at radius 3 is 2.27 bits per heavy atom. The highest BCUT2D eigenvalue weighted by Gasteiger charge is 2.38. The third-order valence-electron chi connectivity index (χ3n) is 6.36. The molecule has 0 aliphatic carbocycles. The Labute approximate surface area is 221 Å². The summed E-state index contributed by atoms with van der Waals surface area (Å²) in [5.41, 5.74) is 5.14. The fourth-order valence-corrected chi connectivity index (χ4v) is 4.88. The van der Waals surface area contributed by atoms with Crippen molar-refractivity contribution < 1.29 is 23.8 Å². The second kappa shape index (κ2) is 10.6. The van der Waals surface area contributed by atoms with Gasteiger partial charge in [0.05, 0.1) is 37.0 Å². The summed E-state index contributed by atoms with van der Waals surface area (Å²) >= 11 is 6.37. The lowest BCUT2D eigenvalue weighted by Crippen LogP contribution is -2.24. The molecule has 0 atom stereocenters. The first kappa shape index (κ1) is 26.1. The molecule has 1 aliphatic heterocycles. The van der Waals surface area contributed by atoms with E-state index in [9.17, 15) is 9.59 Å². The number of amides is 1. The van der Waals surface area contributed by atoms with Gasteiger partial charge < -0.3 is 18.8 Å². The van der Waals surface area contributed by atoms with Crippen LogP contribution in [0, 0.1) is 13.8 Å². The number of allylic oxidation sites excluding steroid dienone is 1. The van der Waals surface area contributed by atoms with E-state index >= 15 is 0 Å². The Hall–Kier alpha value is -3.97. The predicted octanol–water partition coefficient (Wildman–Crippen LogP) is 6.03. The first-order chi connectivity index (χ1) is 17.7. The lowest BCUT2D eigenvalue weighted by atomic mass is 10.0. The van der Waals surface area contributed by atoms with E-state index < -0.39 is 5.97 Å². The normalized spacial score (nSPS) is 14.5. The lowest BCUT2D eigenvalue weighted by molar-refractivity contribution is -0.136. The van der Waals surface area contributed by atoms with Gasteiger partial charge >= 0.3 is 5.97 Å². The van der Waals surface area contributed by atoms with Crippen LogP contribution in [0.15, 0.2) is 65.4 Å². The quantitative estimate of drug-likeness (QED) is 0.281. The minimum absolute atomic E-state index is 0.235. The van der Waals surface area contributed by atoms with E-state index in [1.54, 1.807) is 44.4 Å². The van der Waals surface area contributed by atoms with Gasteiger partial charge in [-0.3, -0.25) is 9.69 Å². The molecule has 0 N–H and O–H groups in total. The van der Waals surface area contributed by atoms with Crippen molar-refractivity contribution in [2.45, 2.75) is 27.7 Å². The monoisotopic (exact) mass is 520 g/mol. The second-order valence-corrected chi connectivity index (χ2v) is 8.97. The van der Waals surface area contributed by atoms with Crippen LogP contribution in [0.5, 0.6) is 11.5 Å². The van der Waals surface area contributed by atoms with Gasteiger partial charge in [-0.15, -0.1) is 0 Å². The fourth-order valence-electron chi connectivity index (χ4n) is 4.63. The third-order valence-corrected chi connectivity index (χ3v) is 6.65. The maximum atomic E-state index is 13.7. The molecule has 3 aromatic rings. The Kier molecular flexibility index (Phi) is 7.45. The molecule has 2 aromatic carbocycles. The maximum absolute atomic E-state index is 13.7. The van der Waals surface area contributed by atoms with Gasteiger partial charge in [0.1, 0.15) is 11.5 Å². The van der Waals surface area contributed by atoms with Crippen LogP contribution in [0.2, 0.25) is 5.02 Å². The number of carbonyl (C=O) groups excluding carboxylic acids is 2. The molecule has 2 heterocycles. The molecule has 0 spiro atoms. The summed E-state index contributed by atoms with van der Waals surface area (Å²) in [6.45, 7) is 8.12. The molecule has 0 fully saturated rings. The highest BCUT2D eigenvalue weighted by atomic mass is 35.5. The number of aryl methyl sites for hydroxylation is 1. The fraction of sp³-hybridized carbons (Fsp3) is 0.241. The Morgan fingerprint density at radius 2 is 1.68 bits per heavy atom. The van der Waals surface area contributed by atoms with Crippen molar-refractivity contribution in [3.8, 4) is 17.2 Å². The zero-order valence-corrected chi connectivity index (χ0v) is 22.5. The van der Waals surface area contributed by atoms with Crippen molar-refractivity contribution in [3.05, 3.63) is 87.3 Å². The minimum atomic E-state index is -0.568. The van der Waals surface area contributed by atoms with E-state index in [4.69, 9.17) is 25.8 Å². The van der Waals surface area contributed by atoms with Crippen LogP contribution in [0.3, 0.4) is 0 Å². The largest absolute Gasteiger partial charge is 0.495 e. The van der Waals surface area contributed by atoms with Crippen molar-refractivity contribution >= 4 is 35.2 Å². The SMILES string of the molecule is CCOc1ccc(N2C(=O)/C(=C\c3cc(C)n(-c4ccc(OC)c(Cl)c4)c3C)C(C(=O)OC)=C2C)cc1. The molecule has 7 nitrogen and oxygen atoms in total. The molecule has 1 amide bonds. The van der Waals surface area contributed by atoms with Crippen molar-refractivity contribution in [2.75, 3.05) is 25.7 Å². The second-order valence-electron chi connectivity index (χ2n) is 8.56. The summed E-state index contributed by atoms with van der Waals surface area (Å²) in [5, 5.41) is 0.496. The molecule has 0 radical (unpaired) electrons. The summed E-state index contributed by atoms with van der Waals surface area (Å²) in [7, 11) is 2.88. The number of benzene rings is 2. The Morgan fingerprint density at radius 1 is 1.00 bits per heavy atom. The highest BCUT2D eigenvalue weighted by molar-refractivity contribution is 6.32. The lowest BCUT2D eigenvalue weighted by Gasteiger charge is -2.18. The summed E-state index contributed by atoms with van der Waals surface area (Å²) < 4.78 is 17.9. The molecule has 8 heteroatoms. The number of methoxy groups -OCH3 is 2.